The van der Waals surface area contributed by atoms with Crippen LogP contribution in [0, 0.1) is 0 Å². The van der Waals surface area contributed by atoms with Crippen LogP contribution < -0.4 is 15.8 Å². The van der Waals surface area contributed by atoms with Crippen molar-refractivity contribution in [1.82, 2.24) is 10.2 Å². The fraction of sp³-hybridized carbons (Fsp3) is 0.467. The molecule has 1 aliphatic heterocycles. The summed E-state index contributed by atoms with van der Waals surface area (Å²) in [4.78, 5) is 25.5. The maximum Gasteiger partial charge on any atom is 0.261 e. The summed E-state index contributed by atoms with van der Waals surface area (Å²) in [7, 11) is 0. The number of nitrogens with zero attached hydrogens (tertiary/aromatic N) is 1. The first-order valence-electron chi connectivity index (χ1n) is 7.14. The van der Waals surface area contributed by atoms with E-state index in [4.69, 9.17) is 10.5 Å². The van der Waals surface area contributed by atoms with Crippen LogP contribution in [0.4, 0.5) is 0 Å². The quantitative estimate of drug-likeness (QED) is 0.815. The predicted molar refractivity (Wildman–Crippen MR) is 78.6 cm³/mol. The van der Waals surface area contributed by atoms with Gasteiger partial charge in [0.1, 0.15) is 11.8 Å². The Kier molecular flexibility index (Phi) is 5.16. The largest absolute Gasteiger partial charge is 0.484 e. The third-order valence-electron chi connectivity index (χ3n) is 3.56. The molecule has 0 spiro atoms. The van der Waals surface area contributed by atoms with Crippen LogP contribution in [0.3, 0.4) is 0 Å². The maximum absolute atomic E-state index is 12.2. The molecule has 1 aromatic carbocycles. The molecule has 6 heteroatoms. The molecule has 0 aromatic heterocycles. The Bertz CT molecular complexity index is 501. The van der Waals surface area contributed by atoms with Gasteiger partial charge in [0, 0.05) is 19.6 Å². The summed E-state index contributed by atoms with van der Waals surface area (Å²) >= 11 is 0. The summed E-state index contributed by atoms with van der Waals surface area (Å²) < 4.78 is 5.48. The van der Waals surface area contributed by atoms with Crippen molar-refractivity contribution in [3.8, 4) is 5.75 Å². The SMILES string of the molecule is CCC1C(=O)NCCN1C(=O)COc1ccc(CN)cc1. The van der Waals surface area contributed by atoms with Gasteiger partial charge in [0.05, 0.1) is 0 Å². The molecule has 1 aliphatic rings. The van der Waals surface area contributed by atoms with Crippen molar-refractivity contribution in [3.05, 3.63) is 29.8 Å². The number of ether oxygens (including phenoxy) is 1. The highest BCUT2D eigenvalue weighted by molar-refractivity contribution is 5.89. The average Bonchev–Trinajstić information content (AvgIpc) is 2.52. The molecule has 0 bridgehead atoms. The van der Waals surface area contributed by atoms with E-state index in [1.165, 1.54) is 0 Å². The van der Waals surface area contributed by atoms with Gasteiger partial charge < -0.3 is 20.7 Å². The fourth-order valence-corrected chi connectivity index (χ4v) is 2.37. The zero-order valence-electron chi connectivity index (χ0n) is 12.2. The second-order valence-electron chi connectivity index (χ2n) is 4.94. The van der Waals surface area contributed by atoms with Gasteiger partial charge in [0.15, 0.2) is 6.61 Å². The highest BCUT2D eigenvalue weighted by atomic mass is 16.5. The van der Waals surface area contributed by atoms with Crippen LogP contribution in [0.2, 0.25) is 0 Å². The first-order chi connectivity index (χ1) is 10.2. The number of piperazine rings is 1. The zero-order chi connectivity index (χ0) is 15.2. The van der Waals surface area contributed by atoms with E-state index in [-0.39, 0.29) is 18.4 Å². The third kappa shape index (κ3) is 3.72. The van der Waals surface area contributed by atoms with Gasteiger partial charge in [0.25, 0.3) is 5.91 Å². The Hall–Kier alpha value is -2.08. The van der Waals surface area contributed by atoms with Gasteiger partial charge in [-0.25, -0.2) is 0 Å². The van der Waals surface area contributed by atoms with E-state index in [1.807, 2.05) is 19.1 Å². The topological polar surface area (TPSA) is 84.7 Å². The monoisotopic (exact) mass is 291 g/mol. The van der Waals surface area contributed by atoms with Crippen LogP contribution in [0.1, 0.15) is 18.9 Å². The van der Waals surface area contributed by atoms with E-state index >= 15 is 0 Å². The highest BCUT2D eigenvalue weighted by Crippen LogP contribution is 2.13. The standard InChI is InChI=1S/C15H21N3O3/c1-2-13-15(20)17-7-8-18(13)14(19)10-21-12-5-3-11(9-16)4-6-12/h3-6,13H,2,7-10,16H2,1H3,(H,17,20). The predicted octanol–water partition coefficient (Wildman–Crippen LogP) is 0.261. The first kappa shape index (κ1) is 15.3. The van der Waals surface area contributed by atoms with Gasteiger partial charge >= 0.3 is 0 Å². The van der Waals surface area contributed by atoms with Crippen LogP contribution in [0.25, 0.3) is 0 Å². The van der Waals surface area contributed by atoms with E-state index in [0.717, 1.165) is 5.56 Å². The molecule has 1 atom stereocenters. The van der Waals surface area contributed by atoms with E-state index in [2.05, 4.69) is 5.32 Å². The Morgan fingerprint density at radius 3 is 2.76 bits per heavy atom. The molecule has 0 radical (unpaired) electrons. The van der Waals surface area contributed by atoms with Crippen molar-refractivity contribution >= 4 is 11.8 Å². The Morgan fingerprint density at radius 2 is 2.14 bits per heavy atom. The minimum Gasteiger partial charge on any atom is -0.484 e. The summed E-state index contributed by atoms with van der Waals surface area (Å²) in [6.45, 7) is 3.32. The van der Waals surface area contributed by atoms with Crippen molar-refractivity contribution in [1.29, 1.82) is 0 Å². The van der Waals surface area contributed by atoms with Gasteiger partial charge in [-0.15, -0.1) is 0 Å². The zero-order valence-corrected chi connectivity index (χ0v) is 12.2. The van der Waals surface area contributed by atoms with Gasteiger partial charge in [-0.3, -0.25) is 9.59 Å². The Morgan fingerprint density at radius 1 is 1.43 bits per heavy atom. The molecular formula is C15H21N3O3. The van der Waals surface area contributed by atoms with Crippen LogP contribution in [0.15, 0.2) is 24.3 Å². The molecule has 1 saturated heterocycles. The van der Waals surface area contributed by atoms with Crippen molar-refractivity contribution in [2.75, 3.05) is 19.7 Å². The van der Waals surface area contributed by atoms with E-state index in [1.54, 1.807) is 17.0 Å². The molecule has 3 N–H and O–H groups in total. The number of carbonyl (C=O) groups is 2. The molecule has 0 aliphatic carbocycles. The average molecular weight is 291 g/mol. The van der Waals surface area contributed by atoms with Crippen LogP contribution in [-0.2, 0) is 16.1 Å². The lowest BCUT2D eigenvalue weighted by atomic mass is 10.1. The third-order valence-corrected chi connectivity index (χ3v) is 3.56. The lowest BCUT2D eigenvalue weighted by Crippen LogP contribution is -2.57. The molecule has 0 saturated carbocycles. The number of amides is 2. The van der Waals surface area contributed by atoms with Gasteiger partial charge in [-0.05, 0) is 24.1 Å². The minimum atomic E-state index is -0.394. The molecule has 1 heterocycles. The fourth-order valence-electron chi connectivity index (χ4n) is 2.37. The van der Waals surface area contributed by atoms with Crippen molar-refractivity contribution in [3.63, 3.8) is 0 Å². The molecule has 1 aromatic rings. The smallest absolute Gasteiger partial charge is 0.261 e. The van der Waals surface area contributed by atoms with Crippen LogP contribution in [0.5, 0.6) is 5.75 Å². The van der Waals surface area contributed by atoms with Crippen molar-refractivity contribution in [2.24, 2.45) is 5.73 Å². The summed E-state index contributed by atoms with van der Waals surface area (Å²) in [6.07, 6.45) is 0.600. The van der Waals surface area contributed by atoms with E-state index in [0.29, 0.717) is 31.8 Å². The van der Waals surface area contributed by atoms with E-state index in [9.17, 15) is 9.59 Å². The van der Waals surface area contributed by atoms with Gasteiger partial charge in [0.2, 0.25) is 5.91 Å². The van der Waals surface area contributed by atoms with Crippen molar-refractivity contribution < 1.29 is 14.3 Å². The Balaban J connectivity index is 1.92. The highest BCUT2D eigenvalue weighted by Gasteiger charge is 2.31. The number of benzene rings is 1. The van der Waals surface area contributed by atoms with Gasteiger partial charge in [-0.2, -0.15) is 0 Å². The number of nitrogens with one attached hydrogen (secondary N) is 1. The maximum atomic E-state index is 12.2. The van der Waals surface area contributed by atoms with E-state index < -0.39 is 6.04 Å². The summed E-state index contributed by atoms with van der Waals surface area (Å²) in [5.74, 6) is 0.360. The molecule has 21 heavy (non-hydrogen) atoms. The number of rotatable bonds is 5. The number of hydrogen-bond acceptors (Lipinski definition) is 4. The lowest BCUT2D eigenvalue weighted by molar-refractivity contribution is -0.144. The molecule has 2 amide bonds. The van der Waals surface area contributed by atoms with Gasteiger partial charge in [-0.1, -0.05) is 19.1 Å². The normalized spacial score (nSPS) is 18.3. The molecule has 1 fully saturated rings. The second kappa shape index (κ2) is 7.08. The van der Waals surface area contributed by atoms with Crippen LogP contribution >= 0.6 is 0 Å². The molecule has 6 nitrogen and oxygen atoms in total. The molecule has 1 unspecified atom stereocenters. The molecular weight excluding hydrogens is 270 g/mol. The molecule has 2 rings (SSSR count). The summed E-state index contributed by atoms with van der Waals surface area (Å²) in [5, 5.41) is 2.77. The summed E-state index contributed by atoms with van der Waals surface area (Å²) in [5.41, 5.74) is 6.53. The first-order valence-corrected chi connectivity index (χ1v) is 7.14. The lowest BCUT2D eigenvalue weighted by Gasteiger charge is -2.34. The summed E-state index contributed by atoms with van der Waals surface area (Å²) in [6, 6.07) is 6.91. The van der Waals surface area contributed by atoms with Crippen molar-refractivity contribution in [2.45, 2.75) is 25.9 Å². The van der Waals surface area contributed by atoms with Crippen LogP contribution in [-0.4, -0.2) is 42.5 Å². The minimum absolute atomic E-state index is 0.0637. The number of nitrogens with two attached hydrogens (primary N) is 1. The number of carbonyl (C=O) groups excluding carboxylic acids is 2. The number of hydrogen-bond donors (Lipinski definition) is 2. The second-order valence-corrected chi connectivity index (χ2v) is 4.94. The Labute approximate surface area is 124 Å². The molecule has 114 valence electrons.